The van der Waals surface area contributed by atoms with E-state index in [9.17, 15) is 4.79 Å². The van der Waals surface area contributed by atoms with Crippen molar-refractivity contribution in [3.05, 3.63) is 69.4 Å². The Morgan fingerprint density at radius 2 is 2.00 bits per heavy atom. The molecule has 2 aliphatic rings. The molecule has 0 saturated heterocycles. The van der Waals surface area contributed by atoms with Crippen LogP contribution < -0.4 is 5.32 Å². The van der Waals surface area contributed by atoms with E-state index in [0.29, 0.717) is 27.3 Å². The van der Waals surface area contributed by atoms with E-state index in [1.54, 1.807) is 18.4 Å². The van der Waals surface area contributed by atoms with Crippen molar-refractivity contribution in [2.45, 2.75) is 64.3 Å². The van der Waals surface area contributed by atoms with Crippen molar-refractivity contribution in [1.29, 1.82) is 0 Å². The molecule has 178 valence electrons. The minimum Gasteiger partial charge on any atom is -0.465 e. The van der Waals surface area contributed by atoms with Gasteiger partial charge in [0.05, 0.1) is 22.7 Å². The highest BCUT2D eigenvalue weighted by molar-refractivity contribution is 6.35. The Morgan fingerprint density at radius 3 is 2.74 bits per heavy atom. The number of rotatable bonds is 5. The molecule has 0 bridgehead atoms. The summed E-state index contributed by atoms with van der Waals surface area (Å²) in [5.41, 5.74) is 4.14. The smallest absolute Gasteiger partial charge is 0.272 e. The number of amides is 1. The highest BCUT2D eigenvalue weighted by atomic mass is 35.5. The number of nitrogens with zero attached hydrogens (tertiary/aromatic N) is 2. The van der Waals surface area contributed by atoms with Gasteiger partial charge in [-0.05, 0) is 86.9 Å². The number of carbonyl (C=O) groups excluding carboxylic acids is 1. The van der Waals surface area contributed by atoms with E-state index >= 15 is 0 Å². The standard InChI is InChI=1S/C27H29Cl2N3O2/c1-17(18-7-3-2-4-8-18)30-27(33)25-22-11-5-9-19(15-21-10-6-14-34-21)26(22)32(31-25)24-13-12-20(28)16-23(24)29/h6,10,12-18H,2-5,7-9,11H2,1H3,(H,30,33)/b19-15+/t17-/m0/s1. The van der Waals surface area contributed by atoms with E-state index < -0.39 is 0 Å². The van der Waals surface area contributed by atoms with E-state index in [1.165, 1.54) is 32.1 Å². The molecule has 0 radical (unpaired) electrons. The summed E-state index contributed by atoms with van der Waals surface area (Å²) in [5, 5.41) is 9.14. The second-order valence-electron chi connectivity index (χ2n) is 9.38. The average Bonchev–Trinajstić information content (AvgIpc) is 3.48. The largest absolute Gasteiger partial charge is 0.465 e. The van der Waals surface area contributed by atoms with Gasteiger partial charge in [0.1, 0.15) is 5.76 Å². The topological polar surface area (TPSA) is 60.1 Å². The van der Waals surface area contributed by atoms with Gasteiger partial charge in [-0.25, -0.2) is 4.68 Å². The maximum Gasteiger partial charge on any atom is 0.272 e. The van der Waals surface area contributed by atoms with Crippen LogP contribution in [-0.2, 0) is 6.42 Å². The lowest BCUT2D eigenvalue weighted by atomic mass is 9.84. The molecule has 5 rings (SSSR count). The summed E-state index contributed by atoms with van der Waals surface area (Å²) in [7, 11) is 0. The van der Waals surface area contributed by atoms with Crippen LogP contribution in [0, 0.1) is 5.92 Å². The fraction of sp³-hybridized carbons (Fsp3) is 0.407. The summed E-state index contributed by atoms with van der Waals surface area (Å²) in [5.74, 6) is 1.18. The number of nitrogens with one attached hydrogen (secondary N) is 1. The van der Waals surface area contributed by atoms with Crippen molar-refractivity contribution in [2.75, 3.05) is 0 Å². The second-order valence-corrected chi connectivity index (χ2v) is 10.2. The molecule has 2 aliphatic carbocycles. The molecule has 2 aromatic heterocycles. The van der Waals surface area contributed by atoms with Gasteiger partial charge in [-0.3, -0.25) is 4.79 Å². The normalized spacial score (nSPS) is 18.6. The number of aromatic nitrogens is 2. The fourth-order valence-electron chi connectivity index (χ4n) is 5.31. The Labute approximate surface area is 210 Å². The lowest BCUT2D eigenvalue weighted by Crippen LogP contribution is -2.39. The van der Waals surface area contributed by atoms with E-state index in [-0.39, 0.29) is 11.9 Å². The molecule has 1 fully saturated rings. The lowest BCUT2D eigenvalue weighted by molar-refractivity contribution is 0.0912. The maximum absolute atomic E-state index is 13.5. The molecule has 0 aliphatic heterocycles. The first-order chi connectivity index (χ1) is 16.5. The van der Waals surface area contributed by atoms with Crippen LogP contribution in [0.15, 0.2) is 41.0 Å². The SMILES string of the molecule is C[C@H](NC(=O)c1nn(-c2ccc(Cl)cc2Cl)c2c1CCC/C2=C\c1ccco1)C1CCCCC1. The number of fused-ring (bicyclic) bond motifs is 1. The number of allylic oxidation sites excluding steroid dienone is 1. The monoisotopic (exact) mass is 497 g/mol. The number of hydrogen-bond acceptors (Lipinski definition) is 3. The van der Waals surface area contributed by atoms with E-state index in [4.69, 9.17) is 32.7 Å². The third-order valence-corrected chi connectivity index (χ3v) is 7.63. The molecule has 0 unspecified atom stereocenters. The van der Waals surface area contributed by atoms with Crippen LogP contribution in [0.5, 0.6) is 0 Å². The van der Waals surface area contributed by atoms with Crippen LogP contribution in [0.4, 0.5) is 0 Å². The Bertz CT molecular complexity index is 1210. The molecule has 34 heavy (non-hydrogen) atoms. The minimum atomic E-state index is -0.114. The van der Waals surface area contributed by atoms with E-state index in [1.807, 2.05) is 29.0 Å². The molecule has 3 aromatic rings. The van der Waals surface area contributed by atoms with Gasteiger partial charge in [-0.2, -0.15) is 5.10 Å². The summed E-state index contributed by atoms with van der Waals surface area (Å²) in [6, 6.07) is 9.26. The number of furan rings is 1. The third-order valence-electron chi connectivity index (χ3n) is 7.09. The second kappa shape index (κ2) is 10.0. The van der Waals surface area contributed by atoms with Crippen molar-refractivity contribution in [3.8, 4) is 5.69 Å². The van der Waals surface area contributed by atoms with Crippen molar-refractivity contribution in [2.24, 2.45) is 5.92 Å². The molecule has 1 amide bonds. The molecule has 1 N–H and O–H groups in total. The van der Waals surface area contributed by atoms with Crippen molar-refractivity contribution >= 4 is 40.8 Å². The highest BCUT2D eigenvalue weighted by Gasteiger charge is 2.31. The number of hydrogen-bond donors (Lipinski definition) is 1. The predicted octanol–water partition coefficient (Wildman–Crippen LogP) is 7.35. The molecule has 2 heterocycles. The zero-order chi connectivity index (χ0) is 23.7. The molecular formula is C27H29Cl2N3O2. The van der Waals surface area contributed by atoms with Crippen molar-refractivity contribution < 1.29 is 9.21 Å². The van der Waals surface area contributed by atoms with Crippen LogP contribution in [0.25, 0.3) is 17.3 Å². The van der Waals surface area contributed by atoms with Gasteiger partial charge in [0.25, 0.3) is 5.91 Å². The molecule has 0 spiro atoms. The molecule has 5 nitrogen and oxygen atoms in total. The number of carbonyl (C=O) groups is 1. The molecular weight excluding hydrogens is 469 g/mol. The lowest BCUT2D eigenvalue weighted by Gasteiger charge is -2.28. The Balaban J connectivity index is 1.57. The fourth-order valence-corrected chi connectivity index (χ4v) is 5.80. The zero-order valence-corrected chi connectivity index (χ0v) is 20.8. The van der Waals surface area contributed by atoms with E-state index in [2.05, 4.69) is 12.2 Å². The minimum absolute atomic E-state index is 0.114. The summed E-state index contributed by atoms with van der Waals surface area (Å²) in [6.45, 7) is 2.12. The van der Waals surface area contributed by atoms with Gasteiger partial charge in [-0.15, -0.1) is 0 Å². The van der Waals surface area contributed by atoms with Crippen molar-refractivity contribution in [3.63, 3.8) is 0 Å². The molecule has 1 saturated carbocycles. The maximum atomic E-state index is 13.5. The molecule has 7 heteroatoms. The van der Waals surface area contributed by atoms with Crippen LogP contribution >= 0.6 is 23.2 Å². The number of benzene rings is 1. The first-order valence-electron chi connectivity index (χ1n) is 12.1. The Kier molecular flexibility index (Phi) is 6.84. The summed E-state index contributed by atoms with van der Waals surface area (Å²) < 4.78 is 7.39. The van der Waals surface area contributed by atoms with Gasteiger partial charge in [0, 0.05) is 16.6 Å². The Morgan fingerprint density at radius 1 is 1.18 bits per heavy atom. The van der Waals surface area contributed by atoms with Gasteiger partial charge in [-0.1, -0.05) is 42.5 Å². The van der Waals surface area contributed by atoms with Gasteiger partial charge >= 0.3 is 0 Å². The van der Waals surface area contributed by atoms with Crippen LogP contribution in [0.1, 0.15) is 79.4 Å². The van der Waals surface area contributed by atoms with Gasteiger partial charge in [0.2, 0.25) is 0 Å². The Hall–Kier alpha value is -2.50. The molecule has 1 atom stereocenters. The predicted molar refractivity (Wildman–Crippen MR) is 137 cm³/mol. The summed E-state index contributed by atoms with van der Waals surface area (Å²) in [6.07, 6.45) is 12.4. The number of halogens is 2. The van der Waals surface area contributed by atoms with Crippen molar-refractivity contribution in [1.82, 2.24) is 15.1 Å². The quantitative estimate of drug-likeness (QED) is 0.400. The average molecular weight is 498 g/mol. The van der Waals surface area contributed by atoms with Crippen LogP contribution in [0.3, 0.4) is 0 Å². The van der Waals surface area contributed by atoms with Gasteiger partial charge < -0.3 is 9.73 Å². The first-order valence-corrected chi connectivity index (χ1v) is 12.9. The summed E-state index contributed by atoms with van der Waals surface area (Å²) >= 11 is 12.7. The van der Waals surface area contributed by atoms with Crippen LogP contribution in [0.2, 0.25) is 10.0 Å². The first kappa shape index (κ1) is 23.3. The highest BCUT2D eigenvalue weighted by Crippen LogP contribution is 2.38. The van der Waals surface area contributed by atoms with Crippen LogP contribution in [-0.4, -0.2) is 21.7 Å². The summed E-state index contributed by atoms with van der Waals surface area (Å²) in [4.78, 5) is 13.5. The zero-order valence-electron chi connectivity index (χ0n) is 19.3. The van der Waals surface area contributed by atoms with E-state index in [0.717, 1.165) is 41.9 Å². The third kappa shape index (κ3) is 4.69. The molecule has 1 aromatic carbocycles. The van der Waals surface area contributed by atoms with Gasteiger partial charge in [0.15, 0.2) is 5.69 Å².